The van der Waals surface area contributed by atoms with Crippen LogP contribution < -0.4 is 4.72 Å². The fourth-order valence-corrected chi connectivity index (χ4v) is 0.798. The number of H-pyrrole nitrogens is 1. The maximum absolute atomic E-state index is 10.7. The highest BCUT2D eigenvalue weighted by molar-refractivity contribution is 7.95. The summed E-state index contributed by atoms with van der Waals surface area (Å²) in [5.41, 5.74) is 0. The molecule has 0 aromatic carbocycles. The van der Waals surface area contributed by atoms with E-state index in [0.29, 0.717) is 0 Å². The van der Waals surface area contributed by atoms with Crippen molar-refractivity contribution < 1.29 is 8.42 Å². The monoisotopic (exact) mass is 175 g/mol. The van der Waals surface area contributed by atoms with Crippen LogP contribution in [0.4, 0.5) is 5.95 Å². The molecule has 0 aliphatic heterocycles. The van der Waals surface area contributed by atoms with Gasteiger partial charge in [0.15, 0.2) is 0 Å². The maximum Gasteiger partial charge on any atom is 0.276 e. The molecule has 1 aromatic rings. The van der Waals surface area contributed by atoms with Crippen molar-refractivity contribution in [2.75, 3.05) is 4.72 Å². The van der Waals surface area contributed by atoms with E-state index in [4.69, 9.17) is 0 Å². The lowest BCUT2D eigenvalue weighted by Gasteiger charge is -1.94. The van der Waals surface area contributed by atoms with Gasteiger partial charge in [-0.05, 0) is 5.21 Å². The summed E-state index contributed by atoms with van der Waals surface area (Å²) in [6.07, 6.45) is 0. The van der Waals surface area contributed by atoms with Crippen LogP contribution in [0.15, 0.2) is 12.0 Å². The molecule has 8 heteroatoms. The fraction of sp³-hybridized carbons (Fsp3) is 0. The second-order valence-electron chi connectivity index (χ2n) is 1.55. The molecule has 0 aliphatic rings. The number of nitrogens with one attached hydrogen (secondary N) is 2. The van der Waals surface area contributed by atoms with Gasteiger partial charge in [-0.3, -0.25) is 0 Å². The van der Waals surface area contributed by atoms with Gasteiger partial charge in [0.2, 0.25) is 0 Å². The summed E-state index contributed by atoms with van der Waals surface area (Å²) < 4.78 is 23.4. The lowest BCUT2D eigenvalue weighted by atomic mass is 11.2. The quantitative estimate of drug-likeness (QED) is 0.619. The minimum absolute atomic E-state index is 0.107. The molecule has 60 valence electrons. The Morgan fingerprint density at radius 3 is 2.82 bits per heavy atom. The van der Waals surface area contributed by atoms with Crippen molar-refractivity contribution in [1.82, 2.24) is 20.6 Å². The largest absolute Gasteiger partial charge is 0.276 e. The highest BCUT2D eigenvalue weighted by Gasteiger charge is 2.06. The number of sulfonamides is 1. The molecule has 0 saturated carbocycles. The minimum Gasteiger partial charge on any atom is -0.245 e. The average molecular weight is 175 g/mol. The van der Waals surface area contributed by atoms with Crippen LogP contribution in [0.3, 0.4) is 0 Å². The van der Waals surface area contributed by atoms with Gasteiger partial charge in [-0.1, -0.05) is 11.7 Å². The van der Waals surface area contributed by atoms with Gasteiger partial charge in [-0.25, -0.2) is 13.1 Å². The molecule has 0 unspecified atom stereocenters. The Balaban J connectivity index is 2.79. The van der Waals surface area contributed by atoms with Gasteiger partial charge < -0.3 is 0 Å². The van der Waals surface area contributed by atoms with Crippen molar-refractivity contribution in [3.63, 3.8) is 0 Å². The fourth-order valence-electron chi connectivity index (χ4n) is 0.374. The highest BCUT2D eigenvalue weighted by Crippen LogP contribution is 1.96. The van der Waals surface area contributed by atoms with Crippen LogP contribution in [0, 0.1) is 0 Å². The van der Waals surface area contributed by atoms with Crippen LogP contribution in [0.25, 0.3) is 0 Å². The van der Waals surface area contributed by atoms with Crippen molar-refractivity contribution >= 4 is 16.0 Å². The topological polar surface area (TPSA) is 101 Å². The van der Waals surface area contributed by atoms with Crippen LogP contribution in [0.2, 0.25) is 0 Å². The molecule has 0 saturated heterocycles. The summed E-state index contributed by atoms with van der Waals surface area (Å²) in [4.78, 5) is 0. The van der Waals surface area contributed by atoms with Crippen LogP contribution in [-0.4, -0.2) is 29.0 Å². The number of aromatic amines is 1. The first kappa shape index (κ1) is 7.66. The molecule has 0 aliphatic carbocycles. The van der Waals surface area contributed by atoms with E-state index in [9.17, 15) is 8.42 Å². The Kier molecular flexibility index (Phi) is 1.85. The number of tetrazole rings is 1. The number of hydrogen-bond donors (Lipinski definition) is 2. The molecule has 0 atom stereocenters. The predicted molar refractivity (Wildman–Crippen MR) is 36.9 cm³/mol. The van der Waals surface area contributed by atoms with E-state index >= 15 is 0 Å². The van der Waals surface area contributed by atoms with Gasteiger partial charge in [0.05, 0.1) is 0 Å². The molecule has 0 bridgehead atoms. The van der Waals surface area contributed by atoms with E-state index in [-0.39, 0.29) is 5.95 Å². The molecular weight excluding hydrogens is 170 g/mol. The van der Waals surface area contributed by atoms with E-state index in [2.05, 4.69) is 27.2 Å². The van der Waals surface area contributed by atoms with E-state index in [1.807, 2.05) is 4.72 Å². The number of rotatable bonds is 3. The van der Waals surface area contributed by atoms with E-state index < -0.39 is 10.0 Å². The summed E-state index contributed by atoms with van der Waals surface area (Å²) in [5.74, 6) is -0.107. The molecule has 1 heterocycles. The van der Waals surface area contributed by atoms with Gasteiger partial charge in [0.25, 0.3) is 16.0 Å². The van der Waals surface area contributed by atoms with Crippen LogP contribution in [0.1, 0.15) is 0 Å². The number of hydrogen-bond acceptors (Lipinski definition) is 5. The second kappa shape index (κ2) is 2.66. The molecule has 0 spiro atoms. The molecule has 0 fully saturated rings. The van der Waals surface area contributed by atoms with Gasteiger partial charge in [0, 0.05) is 5.41 Å². The molecule has 0 amide bonds. The SMILES string of the molecule is C=CS(=O)(=O)Nc1nn[nH]n1. The standard InChI is InChI=1S/C3H5N5O2S/c1-2-11(9,10)6-3-4-7-8-5-3/h2H,1H2,(H2,4,5,6,7,8). The normalized spacial score (nSPS) is 10.9. The Bertz CT molecular complexity index is 327. The summed E-state index contributed by atoms with van der Waals surface area (Å²) in [6.45, 7) is 3.08. The zero-order valence-electron chi connectivity index (χ0n) is 5.35. The zero-order chi connectivity index (χ0) is 8.32. The second-order valence-corrected chi connectivity index (χ2v) is 3.18. The molecule has 2 N–H and O–H groups in total. The van der Waals surface area contributed by atoms with Crippen LogP contribution in [-0.2, 0) is 10.0 Å². The summed E-state index contributed by atoms with van der Waals surface area (Å²) in [7, 11) is -3.51. The number of nitrogens with zero attached hydrogens (tertiary/aromatic N) is 3. The smallest absolute Gasteiger partial charge is 0.245 e. The third kappa shape index (κ3) is 2.00. The van der Waals surface area contributed by atoms with Crippen LogP contribution in [0.5, 0.6) is 0 Å². The first-order chi connectivity index (χ1) is 5.14. The summed E-state index contributed by atoms with van der Waals surface area (Å²) >= 11 is 0. The summed E-state index contributed by atoms with van der Waals surface area (Å²) in [5, 5.41) is 12.7. The van der Waals surface area contributed by atoms with Gasteiger partial charge in [0.1, 0.15) is 0 Å². The Morgan fingerprint density at radius 1 is 1.64 bits per heavy atom. The van der Waals surface area contributed by atoms with E-state index in [0.717, 1.165) is 5.41 Å². The Morgan fingerprint density at radius 2 is 2.36 bits per heavy atom. The Hall–Kier alpha value is -1.44. The van der Waals surface area contributed by atoms with Crippen molar-refractivity contribution in [2.45, 2.75) is 0 Å². The first-order valence-electron chi connectivity index (χ1n) is 2.53. The highest BCUT2D eigenvalue weighted by atomic mass is 32.2. The number of aromatic nitrogens is 4. The predicted octanol–water partition coefficient (Wildman–Crippen LogP) is -0.915. The lowest BCUT2D eigenvalue weighted by Crippen LogP contribution is -2.09. The lowest BCUT2D eigenvalue weighted by molar-refractivity contribution is 0.609. The van der Waals surface area contributed by atoms with Crippen molar-refractivity contribution in [3.05, 3.63) is 12.0 Å². The van der Waals surface area contributed by atoms with Crippen molar-refractivity contribution in [2.24, 2.45) is 0 Å². The molecule has 1 rings (SSSR count). The van der Waals surface area contributed by atoms with Crippen molar-refractivity contribution in [1.29, 1.82) is 0 Å². The molecule has 11 heavy (non-hydrogen) atoms. The van der Waals surface area contributed by atoms with E-state index in [1.54, 1.807) is 0 Å². The first-order valence-corrected chi connectivity index (χ1v) is 4.07. The third-order valence-corrected chi connectivity index (χ3v) is 1.70. The molecule has 1 aromatic heterocycles. The van der Waals surface area contributed by atoms with Gasteiger partial charge in [-0.2, -0.15) is 5.21 Å². The summed E-state index contributed by atoms with van der Waals surface area (Å²) in [6, 6.07) is 0. The third-order valence-electron chi connectivity index (χ3n) is 0.798. The maximum atomic E-state index is 10.7. The minimum atomic E-state index is -3.51. The number of anilines is 1. The van der Waals surface area contributed by atoms with Gasteiger partial charge in [-0.15, -0.1) is 5.10 Å². The van der Waals surface area contributed by atoms with E-state index in [1.165, 1.54) is 0 Å². The zero-order valence-corrected chi connectivity index (χ0v) is 6.17. The Labute approximate surface area is 62.6 Å². The molecule has 0 radical (unpaired) electrons. The molecule has 7 nitrogen and oxygen atoms in total. The van der Waals surface area contributed by atoms with Crippen molar-refractivity contribution in [3.8, 4) is 0 Å². The van der Waals surface area contributed by atoms with Crippen LogP contribution >= 0.6 is 0 Å². The average Bonchev–Trinajstić information content (AvgIpc) is 2.39. The van der Waals surface area contributed by atoms with Gasteiger partial charge >= 0.3 is 0 Å². The molecular formula is C3H5N5O2S.